The molecule has 2 heterocycles. The van der Waals surface area contributed by atoms with Crippen molar-refractivity contribution in [1.82, 2.24) is 0 Å². The van der Waals surface area contributed by atoms with Gasteiger partial charge >= 0.3 is 0 Å². The predicted octanol–water partition coefficient (Wildman–Crippen LogP) is 0.899. The molecule has 0 saturated carbocycles. The number of anilines is 1. The minimum atomic E-state index is -0.453. The van der Waals surface area contributed by atoms with Crippen molar-refractivity contribution in [3.8, 4) is 0 Å². The number of rotatable bonds is 2. The van der Waals surface area contributed by atoms with Gasteiger partial charge in [0.25, 0.3) is 5.69 Å². The van der Waals surface area contributed by atoms with Crippen LogP contribution in [0.4, 0.5) is 11.4 Å². The third kappa shape index (κ3) is 2.25. The molecule has 7 heteroatoms. The lowest BCUT2D eigenvalue weighted by Crippen LogP contribution is -2.43. The van der Waals surface area contributed by atoms with Gasteiger partial charge in [0.05, 0.1) is 43.8 Å². The Labute approximate surface area is 115 Å². The number of nitro benzene ring substituents is 1. The van der Waals surface area contributed by atoms with Crippen LogP contribution < -0.4 is 4.90 Å². The third-order valence-corrected chi connectivity index (χ3v) is 3.50. The Bertz CT molecular complexity index is 552. The first-order chi connectivity index (χ1) is 9.66. The van der Waals surface area contributed by atoms with Crippen LogP contribution in [0.3, 0.4) is 0 Å². The van der Waals surface area contributed by atoms with E-state index < -0.39 is 4.92 Å². The maximum absolute atomic E-state index is 12.2. The molecule has 20 heavy (non-hydrogen) atoms. The van der Waals surface area contributed by atoms with Gasteiger partial charge < -0.3 is 14.4 Å². The minimum absolute atomic E-state index is 0.00627. The lowest BCUT2D eigenvalue weighted by Gasteiger charge is -2.26. The molecular formula is C13H14N2O5. The summed E-state index contributed by atoms with van der Waals surface area (Å²) >= 11 is 0. The van der Waals surface area contributed by atoms with Crippen molar-refractivity contribution in [1.29, 1.82) is 0 Å². The first-order valence-corrected chi connectivity index (χ1v) is 6.41. The minimum Gasteiger partial charge on any atom is -0.377 e. The zero-order valence-electron chi connectivity index (χ0n) is 10.8. The van der Waals surface area contributed by atoms with Crippen molar-refractivity contribution in [2.24, 2.45) is 0 Å². The van der Waals surface area contributed by atoms with Crippen molar-refractivity contribution >= 4 is 17.3 Å². The number of non-ortho nitro benzene ring substituents is 1. The van der Waals surface area contributed by atoms with Crippen LogP contribution in [0.15, 0.2) is 18.2 Å². The number of hydrogen-bond donors (Lipinski definition) is 0. The standard InChI is InChI=1S/C13H14N2O5/c16-13-6-9-5-10(15(17)18)1-2-12(9)14(13)11-7-19-3-4-20-8-11/h1-2,5,11H,3-4,6-8H2. The molecule has 0 spiro atoms. The van der Waals surface area contributed by atoms with E-state index in [0.717, 1.165) is 5.69 Å². The lowest BCUT2D eigenvalue weighted by atomic mass is 10.1. The van der Waals surface area contributed by atoms with Crippen LogP contribution in [-0.2, 0) is 20.7 Å². The van der Waals surface area contributed by atoms with Crippen molar-refractivity contribution in [2.75, 3.05) is 31.3 Å². The fourth-order valence-corrected chi connectivity index (χ4v) is 2.60. The monoisotopic (exact) mass is 278 g/mol. The summed E-state index contributed by atoms with van der Waals surface area (Å²) in [4.78, 5) is 24.1. The molecule has 1 fully saturated rings. The van der Waals surface area contributed by atoms with E-state index in [9.17, 15) is 14.9 Å². The van der Waals surface area contributed by atoms with Crippen molar-refractivity contribution in [3.05, 3.63) is 33.9 Å². The van der Waals surface area contributed by atoms with Gasteiger partial charge in [-0.15, -0.1) is 0 Å². The quantitative estimate of drug-likeness (QED) is 0.593. The Kier molecular flexibility index (Phi) is 3.37. The van der Waals surface area contributed by atoms with Gasteiger partial charge in [-0.1, -0.05) is 0 Å². The number of ether oxygens (including phenoxy) is 2. The number of nitro groups is 1. The molecule has 0 bridgehead atoms. The maximum atomic E-state index is 12.2. The summed E-state index contributed by atoms with van der Waals surface area (Å²) in [6, 6.07) is 4.34. The molecule has 0 radical (unpaired) electrons. The molecule has 2 aliphatic rings. The summed E-state index contributed by atoms with van der Waals surface area (Å²) in [7, 11) is 0. The molecule has 7 nitrogen and oxygen atoms in total. The fourth-order valence-electron chi connectivity index (χ4n) is 2.60. The second-order valence-electron chi connectivity index (χ2n) is 4.81. The highest BCUT2D eigenvalue weighted by Gasteiger charge is 2.34. The Morgan fingerprint density at radius 3 is 2.60 bits per heavy atom. The first kappa shape index (κ1) is 13.0. The number of carbonyl (C=O) groups excluding carboxylic acids is 1. The van der Waals surface area contributed by atoms with Gasteiger partial charge in [-0.2, -0.15) is 0 Å². The van der Waals surface area contributed by atoms with Crippen LogP contribution in [0.25, 0.3) is 0 Å². The van der Waals surface area contributed by atoms with Gasteiger partial charge in [0.1, 0.15) is 0 Å². The van der Waals surface area contributed by atoms with Gasteiger partial charge in [0.15, 0.2) is 0 Å². The van der Waals surface area contributed by atoms with Crippen LogP contribution in [0.2, 0.25) is 0 Å². The summed E-state index contributed by atoms with van der Waals surface area (Å²) in [5, 5.41) is 10.8. The number of benzene rings is 1. The number of amides is 1. The highest BCUT2D eigenvalue weighted by atomic mass is 16.6. The summed E-state index contributed by atoms with van der Waals surface area (Å²) in [6.07, 6.45) is 0.188. The molecule has 1 aromatic rings. The number of hydrogen-bond acceptors (Lipinski definition) is 5. The summed E-state index contributed by atoms with van der Waals surface area (Å²) in [5.41, 5.74) is 1.42. The number of nitrogens with zero attached hydrogens (tertiary/aromatic N) is 2. The molecule has 0 aromatic heterocycles. The molecule has 106 valence electrons. The molecule has 0 unspecified atom stereocenters. The second-order valence-corrected chi connectivity index (χ2v) is 4.81. The molecule has 0 aliphatic carbocycles. The second kappa shape index (κ2) is 5.18. The maximum Gasteiger partial charge on any atom is 0.269 e. The van der Waals surface area contributed by atoms with Crippen molar-refractivity contribution < 1.29 is 19.2 Å². The molecule has 1 amide bonds. The summed E-state index contributed by atoms with van der Waals surface area (Å²) < 4.78 is 10.8. The fraction of sp³-hybridized carbons (Fsp3) is 0.462. The van der Waals surface area contributed by atoms with Gasteiger partial charge in [0, 0.05) is 17.8 Å². The van der Waals surface area contributed by atoms with Crippen molar-refractivity contribution in [3.63, 3.8) is 0 Å². The zero-order valence-corrected chi connectivity index (χ0v) is 10.8. The zero-order chi connectivity index (χ0) is 14.1. The lowest BCUT2D eigenvalue weighted by molar-refractivity contribution is -0.384. The Hall–Kier alpha value is -1.99. The average molecular weight is 278 g/mol. The van der Waals surface area contributed by atoms with E-state index in [2.05, 4.69) is 0 Å². The van der Waals surface area contributed by atoms with Gasteiger partial charge in [0.2, 0.25) is 5.91 Å². The normalized spacial score (nSPS) is 19.8. The van der Waals surface area contributed by atoms with Crippen LogP contribution in [0.1, 0.15) is 5.56 Å². The van der Waals surface area contributed by atoms with E-state index in [1.54, 1.807) is 11.0 Å². The van der Waals surface area contributed by atoms with Gasteiger partial charge in [-0.25, -0.2) is 0 Å². The van der Waals surface area contributed by atoms with E-state index >= 15 is 0 Å². The summed E-state index contributed by atoms with van der Waals surface area (Å²) in [5.74, 6) is -0.0698. The smallest absolute Gasteiger partial charge is 0.269 e. The Balaban J connectivity index is 1.91. The molecule has 0 atom stereocenters. The summed E-state index contributed by atoms with van der Waals surface area (Å²) in [6.45, 7) is 1.88. The third-order valence-electron chi connectivity index (χ3n) is 3.50. The van der Waals surface area contributed by atoms with Crippen LogP contribution in [-0.4, -0.2) is 43.3 Å². The van der Waals surface area contributed by atoms with Crippen LogP contribution >= 0.6 is 0 Å². The molecule has 2 aliphatic heterocycles. The first-order valence-electron chi connectivity index (χ1n) is 6.41. The van der Waals surface area contributed by atoms with E-state index in [4.69, 9.17) is 9.47 Å². The van der Waals surface area contributed by atoms with Crippen LogP contribution in [0, 0.1) is 10.1 Å². The van der Waals surface area contributed by atoms with E-state index in [1.807, 2.05) is 0 Å². The largest absolute Gasteiger partial charge is 0.377 e. The molecule has 3 rings (SSSR count). The highest BCUT2D eigenvalue weighted by Crippen LogP contribution is 2.33. The molecule has 1 saturated heterocycles. The van der Waals surface area contributed by atoms with Crippen molar-refractivity contribution in [2.45, 2.75) is 12.5 Å². The molecule has 1 aromatic carbocycles. The SMILES string of the molecule is O=C1Cc2cc([N+](=O)[O-])ccc2N1C1COCCOC1. The van der Waals surface area contributed by atoms with E-state index in [0.29, 0.717) is 32.0 Å². The Morgan fingerprint density at radius 1 is 1.25 bits per heavy atom. The topological polar surface area (TPSA) is 81.9 Å². The van der Waals surface area contributed by atoms with E-state index in [-0.39, 0.29) is 24.1 Å². The highest BCUT2D eigenvalue weighted by molar-refractivity contribution is 6.02. The van der Waals surface area contributed by atoms with Gasteiger partial charge in [-0.05, 0) is 11.6 Å². The predicted molar refractivity (Wildman–Crippen MR) is 69.7 cm³/mol. The van der Waals surface area contributed by atoms with Crippen LogP contribution in [0.5, 0.6) is 0 Å². The number of carbonyl (C=O) groups is 1. The number of fused-ring (bicyclic) bond motifs is 1. The van der Waals surface area contributed by atoms with E-state index in [1.165, 1.54) is 12.1 Å². The average Bonchev–Trinajstić information content (AvgIpc) is 2.61. The molecule has 0 N–H and O–H groups in total. The van der Waals surface area contributed by atoms with Gasteiger partial charge in [-0.3, -0.25) is 14.9 Å². The molecular weight excluding hydrogens is 264 g/mol. The Morgan fingerprint density at radius 2 is 1.95 bits per heavy atom.